The Hall–Kier alpha value is -2.65. The maximum atomic E-state index is 13.0. The van der Waals surface area contributed by atoms with E-state index in [9.17, 15) is 9.59 Å². The average Bonchev–Trinajstić information content (AvgIpc) is 2.59. The minimum Gasteiger partial charge on any atom is -0.289 e. The number of hydrogen-bond acceptors (Lipinski definition) is 3. The van der Waals surface area contributed by atoms with Gasteiger partial charge in [-0.2, -0.15) is 0 Å². The molecule has 3 aromatic carbocycles. The highest BCUT2D eigenvalue weighted by molar-refractivity contribution is 7.80. The summed E-state index contributed by atoms with van der Waals surface area (Å²) in [5, 5.41) is 0. The fourth-order valence-corrected chi connectivity index (χ4v) is 3.39. The van der Waals surface area contributed by atoms with Crippen LogP contribution in [-0.2, 0) is 0 Å². The van der Waals surface area contributed by atoms with Gasteiger partial charge in [0.15, 0.2) is 11.6 Å². The van der Waals surface area contributed by atoms with Crippen molar-refractivity contribution in [2.45, 2.75) is 4.90 Å². The number of fused-ring (bicyclic) bond motifs is 2. The van der Waals surface area contributed by atoms with Gasteiger partial charge in [-0.25, -0.2) is 0 Å². The Morgan fingerprint density at radius 2 is 1.13 bits per heavy atom. The average molecular weight is 316 g/mol. The fourth-order valence-electron chi connectivity index (χ4n) is 3.08. The third-order valence-corrected chi connectivity index (χ3v) is 4.51. The predicted molar refractivity (Wildman–Crippen MR) is 92.4 cm³/mol. The summed E-state index contributed by atoms with van der Waals surface area (Å²) in [6.07, 6.45) is 0. The molecule has 1 aliphatic carbocycles. The minimum absolute atomic E-state index is 0.120. The van der Waals surface area contributed by atoms with Gasteiger partial charge in [-0.05, 0) is 17.2 Å². The van der Waals surface area contributed by atoms with Gasteiger partial charge in [0, 0.05) is 27.1 Å². The summed E-state index contributed by atoms with van der Waals surface area (Å²) >= 11 is 4.35. The first-order valence-corrected chi connectivity index (χ1v) is 7.73. The van der Waals surface area contributed by atoms with Crippen LogP contribution < -0.4 is 0 Å². The molecule has 23 heavy (non-hydrogen) atoms. The Balaban J connectivity index is 2.03. The zero-order valence-electron chi connectivity index (χ0n) is 12.1. The highest BCUT2D eigenvalue weighted by Crippen LogP contribution is 2.36. The van der Waals surface area contributed by atoms with E-state index < -0.39 is 0 Å². The molecular formula is C20H12O2S. The first-order chi connectivity index (χ1) is 11.2. The molecule has 0 atom stereocenters. The SMILES string of the molecule is O=C1c2cccc(-c3ccccc3)c2C(=O)c2cccc(S)c21. The van der Waals surface area contributed by atoms with Crippen molar-refractivity contribution < 1.29 is 9.59 Å². The van der Waals surface area contributed by atoms with Gasteiger partial charge in [0.2, 0.25) is 0 Å². The van der Waals surface area contributed by atoms with E-state index >= 15 is 0 Å². The number of rotatable bonds is 1. The number of carbonyl (C=O) groups excluding carboxylic acids is 2. The molecule has 0 unspecified atom stereocenters. The Morgan fingerprint density at radius 1 is 0.565 bits per heavy atom. The van der Waals surface area contributed by atoms with Crippen molar-refractivity contribution in [2.75, 3.05) is 0 Å². The van der Waals surface area contributed by atoms with Crippen molar-refractivity contribution in [1.82, 2.24) is 0 Å². The largest absolute Gasteiger partial charge is 0.289 e. The van der Waals surface area contributed by atoms with Gasteiger partial charge in [-0.3, -0.25) is 9.59 Å². The van der Waals surface area contributed by atoms with Crippen LogP contribution in [0.25, 0.3) is 11.1 Å². The standard InChI is InChI=1S/C20H12O2S/c21-19-15-10-5-11-16(23)18(15)20(22)14-9-4-8-13(17(14)19)12-6-2-1-3-7-12/h1-11,23H. The topological polar surface area (TPSA) is 34.1 Å². The molecule has 3 heteroatoms. The molecule has 2 nitrogen and oxygen atoms in total. The van der Waals surface area contributed by atoms with Crippen LogP contribution in [0.2, 0.25) is 0 Å². The molecule has 3 aromatic rings. The monoisotopic (exact) mass is 316 g/mol. The molecule has 0 saturated carbocycles. The van der Waals surface area contributed by atoms with Gasteiger partial charge in [0.1, 0.15) is 0 Å². The maximum Gasteiger partial charge on any atom is 0.195 e. The molecule has 0 radical (unpaired) electrons. The maximum absolute atomic E-state index is 13.0. The first-order valence-electron chi connectivity index (χ1n) is 7.28. The molecule has 0 aromatic heterocycles. The van der Waals surface area contributed by atoms with E-state index in [2.05, 4.69) is 12.6 Å². The van der Waals surface area contributed by atoms with Gasteiger partial charge in [0.25, 0.3) is 0 Å². The lowest BCUT2D eigenvalue weighted by Gasteiger charge is -2.21. The van der Waals surface area contributed by atoms with E-state index in [0.29, 0.717) is 27.1 Å². The minimum atomic E-state index is -0.141. The van der Waals surface area contributed by atoms with Crippen molar-refractivity contribution in [3.05, 3.63) is 89.0 Å². The number of ketones is 2. The number of thiol groups is 1. The molecular weight excluding hydrogens is 304 g/mol. The lowest BCUT2D eigenvalue weighted by atomic mass is 9.80. The summed E-state index contributed by atoms with van der Waals surface area (Å²) in [5.41, 5.74) is 3.48. The van der Waals surface area contributed by atoms with Crippen molar-refractivity contribution in [2.24, 2.45) is 0 Å². The molecule has 0 heterocycles. The molecule has 0 spiro atoms. The summed E-state index contributed by atoms with van der Waals surface area (Å²) in [4.78, 5) is 26.4. The summed E-state index contributed by atoms with van der Waals surface area (Å²) in [5.74, 6) is -0.261. The van der Waals surface area contributed by atoms with E-state index in [-0.39, 0.29) is 11.6 Å². The molecule has 0 aliphatic heterocycles. The highest BCUT2D eigenvalue weighted by atomic mass is 32.1. The quantitative estimate of drug-likeness (QED) is 0.528. The van der Waals surface area contributed by atoms with Crippen molar-refractivity contribution in [3.8, 4) is 11.1 Å². The Morgan fingerprint density at radius 3 is 1.87 bits per heavy atom. The molecule has 1 aliphatic rings. The zero-order chi connectivity index (χ0) is 16.0. The summed E-state index contributed by atoms with van der Waals surface area (Å²) < 4.78 is 0. The van der Waals surface area contributed by atoms with E-state index in [0.717, 1.165) is 11.1 Å². The van der Waals surface area contributed by atoms with Gasteiger partial charge in [-0.15, -0.1) is 12.6 Å². The van der Waals surface area contributed by atoms with Crippen LogP contribution in [-0.4, -0.2) is 11.6 Å². The molecule has 0 N–H and O–H groups in total. The summed E-state index contributed by atoms with van der Waals surface area (Å²) in [7, 11) is 0. The molecule has 0 bridgehead atoms. The van der Waals surface area contributed by atoms with Gasteiger partial charge >= 0.3 is 0 Å². The van der Waals surface area contributed by atoms with Gasteiger partial charge in [0.05, 0.1) is 0 Å². The fraction of sp³-hybridized carbons (Fsp3) is 0. The van der Waals surface area contributed by atoms with E-state index in [1.807, 2.05) is 42.5 Å². The second-order valence-electron chi connectivity index (χ2n) is 5.45. The van der Waals surface area contributed by atoms with Crippen LogP contribution in [0.3, 0.4) is 0 Å². The Kier molecular flexibility index (Phi) is 3.17. The first kappa shape index (κ1) is 14.0. The smallest absolute Gasteiger partial charge is 0.195 e. The summed E-state index contributed by atoms with van der Waals surface area (Å²) in [6, 6.07) is 20.2. The van der Waals surface area contributed by atoms with Crippen LogP contribution in [0.1, 0.15) is 31.8 Å². The molecule has 0 amide bonds. The predicted octanol–water partition coefficient (Wildman–Crippen LogP) is 4.42. The number of carbonyl (C=O) groups is 2. The van der Waals surface area contributed by atoms with E-state index in [1.165, 1.54) is 0 Å². The molecule has 4 rings (SSSR count). The molecule has 110 valence electrons. The third-order valence-electron chi connectivity index (χ3n) is 4.14. The van der Waals surface area contributed by atoms with Gasteiger partial charge < -0.3 is 0 Å². The molecule has 0 fully saturated rings. The van der Waals surface area contributed by atoms with E-state index in [1.54, 1.807) is 24.3 Å². The Bertz CT molecular complexity index is 959. The third kappa shape index (κ3) is 2.05. The second kappa shape index (κ2) is 5.21. The highest BCUT2D eigenvalue weighted by Gasteiger charge is 2.32. The lowest BCUT2D eigenvalue weighted by molar-refractivity contribution is 0.0977. The Labute approximate surface area is 139 Å². The van der Waals surface area contributed by atoms with Crippen LogP contribution in [0.15, 0.2) is 71.6 Å². The van der Waals surface area contributed by atoms with Gasteiger partial charge in [-0.1, -0.05) is 60.7 Å². The lowest BCUT2D eigenvalue weighted by Crippen LogP contribution is -2.22. The van der Waals surface area contributed by atoms with Crippen LogP contribution >= 0.6 is 12.6 Å². The van der Waals surface area contributed by atoms with Crippen molar-refractivity contribution in [3.63, 3.8) is 0 Å². The zero-order valence-corrected chi connectivity index (χ0v) is 13.0. The molecule has 0 saturated heterocycles. The van der Waals surface area contributed by atoms with E-state index in [4.69, 9.17) is 0 Å². The van der Waals surface area contributed by atoms with Crippen LogP contribution in [0.5, 0.6) is 0 Å². The van der Waals surface area contributed by atoms with Crippen molar-refractivity contribution >= 4 is 24.2 Å². The second-order valence-corrected chi connectivity index (χ2v) is 5.93. The van der Waals surface area contributed by atoms with Crippen molar-refractivity contribution in [1.29, 1.82) is 0 Å². The number of hydrogen-bond donors (Lipinski definition) is 1. The summed E-state index contributed by atoms with van der Waals surface area (Å²) in [6.45, 7) is 0. The number of benzene rings is 3. The van der Waals surface area contributed by atoms with Crippen LogP contribution in [0.4, 0.5) is 0 Å². The normalized spacial score (nSPS) is 12.7. The van der Waals surface area contributed by atoms with Crippen LogP contribution in [0, 0.1) is 0 Å².